The van der Waals surface area contributed by atoms with Crippen molar-refractivity contribution in [1.29, 1.82) is 0 Å². The van der Waals surface area contributed by atoms with Crippen molar-refractivity contribution in [1.82, 2.24) is 14.7 Å². The molecule has 0 saturated carbocycles. The van der Waals surface area contributed by atoms with Gasteiger partial charge < -0.3 is 15.5 Å². The third-order valence-electron chi connectivity index (χ3n) is 5.26. The van der Waals surface area contributed by atoms with Crippen LogP contribution in [0.1, 0.15) is 30.7 Å². The Bertz CT molecular complexity index is 1050. The third kappa shape index (κ3) is 4.71. The number of rotatable bonds is 7. The van der Waals surface area contributed by atoms with Crippen molar-refractivity contribution in [2.24, 2.45) is 0 Å². The van der Waals surface area contributed by atoms with Gasteiger partial charge in [0.25, 0.3) is 0 Å². The first-order chi connectivity index (χ1) is 14.4. The number of carbonyl (C=O) groups is 1. The molecule has 160 valence electrons. The quantitative estimate of drug-likeness (QED) is 0.572. The zero-order chi connectivity index (χ0) is 21.1. The molecule has 0 spiro atoms. The number of sulfonamides is 1. The van der Waals surface area contributed by atoms with E-state index in [4.69, 9.17) is 0 Å². The first kappa shape index (κ1) is 20.5. The summed E-state index contributed by atoms with van der Waals surface area (Å²) in [6, 6.07) is 6.68. The maximum absolute atomic E-state index is 12.6. The van der Waals surface area contributed by atoms with E-state index in [0.29, 0.717) is 36.7 Å². The van der Waals surface area contributed by atoms with Crippen LogP contribution in [0.4, 0.5) is 17.3 Å². The number of carbonyl (C=O) groups excluding carboxylic acids is 1. The molecule has 1 aromatic heterocycles. The van der Waals surface area contributed by atoms with E-state index in [2.05, 4.69) is 30.2 Å². The lowest BCUT2D eigenvalue weighted by atomic mass is 10.0. The fraction of sp³-hybridized carbons (Fsp3) is 0.450. The summed E-state index contributed by atoms with van der Waals surface area (Å²) in [5, 5.41) is 5.93. The maximum Gasteiger partial charge on any atom is 0.240 e. The van der Waals surface area contributed by atoms with Crippen LogP contribution in [0, 0.1) is 6.92 Å². The Balaban J connectivity index is 1.34. The van der Waals surface area contributed by atoms with Crippen molar-refractivity contribution >= 4 is 33.3 Å². The van der Waals surface area contributed by atoms with E-state index < -0.39 is 10.0 Å². The smallest absolute Gasteiger partial charge is 0.240 e. The number of aromatic nitrogens is 2. The van der Waals surface area contributed by atoms with Crippen molar-refractivity contribution < 1.29 is 13.2 Å². The Morgan fingerprint density at radius 3 is 2.70 bits per heavy atom. The van der Waals surface area contributed by atoms with Crippen molar-refractivity contribution in [3.8, 4) is 0 Å². The minimum Gasteiger partial charge on any atom is -0.369 e. The topological polar surface area (TPSA) is 116 Å². The zero-order valence-electron chi connectivity index (χ0n) is 16.9. The molecule has 0 radical (unpaired) electrons. The molecule has 2 aromatic rings. The predicted octanol–water partition coefficient (Wildman–Crippen LogP) is 1.66. The number of fused-ring (bicyclic) bond motifs is 1. The highest BCUT2D eigenvalue weighted by molar-refractivity contribution is 7.89. The van der Waals surface area contributed by atoms with Crippen LogP contribution in [-0.2, 0) is 21.2 Å². The Kier molecular flexibility index (Phi) is 5.87. The summed E-state index contributed by atoms with van der Waals surface area (Å²) in [4.78, 5) is 22.8. The third-order valence-corrected chi connectivity index (χ3v) is 6.72. The van der Waals surface area contributed by atoms with E-state index in [1.807, 2.05) is 13.0 Å². The summed E-state index contributed by atoms with van der Waals surface area (Å²) >= 11 is 0. The van der Waals surface area contributed by atoms with Crippen LogP contribution in [0.15, 0.2) is 29.2 Å². The molecule has 2 aliphatic heterocycles. The lowest BCUT2D eigenvalue weighted by molar-refractivity contribution is -0.116. The number of aryl methyl sites for hydroxylation is 2. The number of nitrogens with one attached hydrogen (secondary N) is 3. The molecule has 1 aromatic carbocycles. The highest BCUT2D eigenvalue weighted by atomic mass is 32.2. The molecule has 9 nitrogen and oxygen atoms in total. The zero-order valence-corrected chi connectivity index (χ0v) is 17.8. The summed E-state index contributed by atoms with van der Waals surface area (Å²) in [6.07, 6.45) is 3.25. The summed E-state index contributed by atoms with van der Waals surface area (Å²) in [6.45, 7) is 4.47. The SMILES string of the molecule is Cc1nc(NCCNS(=O)(=O)c2ccc3c(c2)CCC(=O)N3)cc(N2CCCC2)n1. The molecule has 1 fully saturated rings. The molecule has 0 atom stereocenters. The minimum absolute atomic E-state index is 0.0462. The number of hydrogen-bond donors (Lipinski definition) is 3. The second-order valence-corrected chi connectivity index (χ2v) is 9.31. The Morgan fingerprint density at radius 2 is 1.90 bits per heavy atom. The van der Waals surface area contributed by atoms with E-state index in [1.54, 1.807) is 12.1 Å². The molecule has 1 saturated heterocycles. The van der Waals surface area contributed by atoms with Crippen LogP contribution < -0.4 is 20.3 Å². The number of nitrogens with zero attached hydrogens (tertiary/aromatic N) is 3. The highest BCUT2D eigenvalue weighted by Gasteiger charge is 2.20. The molecule has 2 aliphatic rings. The van der Waals surface area contributed by atoms with Gasteiger partial charge in [0.15, 0.2) is 0 Å². The molecule has 3 heterocycles. The lowest BCUT2D eigenvalue weighted by Crippen LogP contribution is -2.29. The van der Waals surface area contributed by atoms with Gasteiger partial charge in [-0.2, -0.15) is 0 Å². The molecule has 1 amide bonds. The van der Waals surface area contributed by atoms with Crippen LogP contribution in [-0.4, -0.2) is 50.5 Å². The number of hydrogen-bond acceptors (Lipinski definition) is 7. The first-order valence-corrected chi connectivity index (χ1v) is 11.7. The van der Waals surface area contributed by atoms with E-state index in [9.17, 15) is 13.2 Å². The fourth-order valence-electron chi connectivity index (χ4n) is 3.74. The van der Waals surface area contributed by atoms with E-state index in [-0.39, 0.29) is 17.3 Å². The van der Waals surface area contributed by atoms with Gasteiger partial charge in [0, 0.05) is 44.4 Å². The average Bonchev–Trinajstić information content (AvgIpc) is 3.25. The number of anilines is 3. The fourth-order valence-corrected chi connectivity index (χ4v) is 4.82. The lowest BCUT2D eigenvalue weighted by Gasteiger charge is -2.18. The summed E-state index contributed by atoms with van der Waals surface area (Å²) in [7, 11) is -3.63. The van der Waals surface area contributed by atoms with Gasteiger partial charge in [0.2, 0.25) is 15.9 Å². The van der Waals surface area contributed by atoms with Crippen molar-refractivity contribution in [3.63, 3.8) is 0 Å². The van der Waals surface area contributed by atoms with Crippen LogP contribution in [0.5, 0.6) is 0 Å². The van der Waals surface area contributed by atoms with Crippen LogP contribution in [0.2, 0.25) is 0 Å². The Labute approximate surface area is 176 Å². The molecule has 30 heavy (non-hydrogen) atoms. The molecule has 0 bridgehead atoms. The predicted molar refractivity (Wildman–Crippen MR) is 115 cm³/mol. The Morgan fingerprint density at radius 1 is 1.10 bits per heavy atom. The monoisotopic (exact) mass is 430 g/mol. The molecular weight excluding hydrogens is 404 g/mol. The molecule has 0 unspecified atom stereocenters. The number of amides is 1. The van der Waals surface area contributed by atoms with Gasteiger partial charge in [-0.15, -0.1) is 0 Å². The second kappa shape index (κ2) is 8.57. The van der Waals surface area contributed by atoms with Gasteiger partial charge in [0.1, 0.15) is 17.5 Å². The van der Waals surface area contributed by atoms with Crippen molar-refractivity contribution in [2.75, 3.05) is 41.7 Å². The molecule has 4 rings (SSSR count). The van der Waals surface area contributed by atoms with Gasteiger partial charge in [-0.3, -0.25) is 4.79 Å². The van der Waals surface area contributed by atoms with Gasteiger partial charge in [-0.1, -0.05) is 0 Å². The molecule has 0 aliphatic carbocycles. The normalized spacial score (nSPS) is 16.3. The largest absolute Gasteiger partial charge is 0.369 e. The van der Waals surface area contributed by atoms with Gasteiger partial charge >= 0.3 is 0 Å². The molecule has 3 N–H and O–H groups in total. The Hall–Kier alpha value is -2.72. The van der Waals surface area contributed by atoms with E-state index in [1.165, 1.54) is 18.9 Å². The minimum atomic E-state index is -3.63. The first-order valence-electron chi connectivity index (χ1n) is 10.2. The van der Waals surface area contributed by atoms with Gasteiger partial charge in [-0.05, 0) is 49.9 Å². The summed E-state index contributed by atoms with van der Waals surface area (Å²) in [5.74, 6) is 2.23. The molecular formula is C20H26N6O3S. The number of benzene rings is 1. The van der Waals surface area contributed by atoms with Crippen LogP contribution in [0.3, 0.4) is 0 Å². The maximum atomic E-state index is 12.6. The van der Waals surface area contributed by atoms with Crippen molar-refractivity contribution in [3.05, 3.63) is 35.7 Å². The van der Waals surface area contributed by atoms with Crippen molar-refractivity contribution in [2.45, 2.75) is 37.5 Å². The van der Waals surface area contributed by atoms with Crippen LogP contribution in [0.25, 0.3) is 0 Å². The van der Waals surface area contributed by atoms with Gasteiger partial charge in [0.05, 0.1) is 4.90 Å². The van der Waals surface area contributed by atoms with Gasteiger partial charge in [-0.25, -0.2) is 23.1 Å². The summed E-state index contributed by atoms with van der Waals surface area (Å²) in [5.41, 5.74) is 1.52. The van der Waals surface area contributed by atoms with Crippen LogP contribution >= 0.6 is 0 Å². The average molecular weight is 431 g/mol. The standard InChI is InChI=1S/C20H26N6O3S/c1-14-23-18(13-19(24-14)26-10-2-3-11-26)21-8-9-22-30(28,29)16-5-6-17-15(12-16)4-7-20(27)25-17/h5-6,12-13,22H,2-4,7-11H2,1H3,(H,25,27)(H,21,23,24). The summed E-state index contributed by atoms with van der Waals surface area (Å²) < 4.78 is 27.8. The molecule has 10 heteroatoms. The van der Waals surface area contributed by atoms with E-state index >= 15 is 0 Å². The second-order valence-electron chi connectivity index (χ2n) is 7.54. The highest BCUT2D eigenvalue weighted by Crippen LogP contribution is 2.25. The van der Waals surface area contributed by atoms with E-state index in [0.717, 1.165) is 24.5 Å².